The molecule has 0 unspecified atom stereocenters. The first-order valence-electron chi connectivity index (χ1n) is 9.03. The van der Waals surface area contributed by atoms with E-state index < -0.39 is 0 Å². The van der Waals surface area contributed by atoms with Crippen LogP contribution in [0.15, 0.2) is 36.4 Å². The van der Waals surface area contributed by atoms with Gasteiger partial charge in [0, 0.05) is 35.0 Å². The Hall–Kier alpha value is -2.69. The molecule has 1 aliphatic rings. The van der Waals surface area contributed by atoms with Crippen LogP contribution in [0.5, 0.6) is 0 Å². The summed E-state index contributed by atoms with van der Waals surface area (Å²) in [7, 11) is 0. The van der Waals surface area contributed by atoms with E-state index in [-0.39, 0.29) is 36.2 Å². The number of amides is 3. The smallest absolute Gasteiger partial charge is 0.261 e. The van der Waals surface area contributed by atoms with Crippen LogP contribution in [-0.2, 0) is 4.79 Å². The molecule has 2 aromatic carbocycles. The second-order valence-corrected chi connectivity index (χ2v) is 7.36. The maximum absolute atomic E-state index is 12.8. The van der Waals surface area contributed by atoms with Gasteiger partial charge in [-0.2, -0.15) is 0 Å². The van der Waals surface area contributed by atoms with Gasteiger partial charge in [0.15, 0.2) is 0 Å². The van der Waals surface area contributed by atoms with E-state index in [0.717, 1.165) is 17.2 Å². The first-order valence-corrected chi connectivity index (χ1v) is 9.03. The van der Waals surface area contributed by atoms with Gasteiger partial charge in [0.2, 0.25) is 5.91 Å². The Morgan fingerprint density at radius 1 is 1.04 bits per heavy atom. The molecule has 3 amide bonds. The third kappa shape index (κ3) is 3.34. The number of rotatable bonds is 6. The summed E-state index contributed by atoms with van der Waals surface area (Å²) in [4.78, 5) is 38.9. The normalized spacial score (nSPS) is 14.0. The van der Waals surface area contributed by atoms with Gasteiger partial charge in [-0.1, -0.05) is 31.2 Å². The third-order valence-corrected chi connectivity index (χ3v) is 5.00. The molecule has 1 N–H and O–H groups in total. The fourth-order valence-corrected chi connectivity index (χ4v) is 3.21. The fraction of sp³-hybridized carbons (Fsp3) is 0.381. The van der Waals surface area contributed by atoms with E-state index in [9.17, 15) is 14.4 Å². The lowest BCUT2D eigenvalue weighted by molar-refractivity contribution is -0.122. The Labute approximate surface area is 153 Å². The van der Waals surface area contributed by atoms with Crippen molar-refractivity contribution < 1.29 is 14.4 Å². The number of hydrogen-bond donors (Lipinski definition) is 1. The Bertz CT molecular complexity index is 835. The lowest BCUT2D eigenvalue weighted by atomic mass is 9.94. The van der Waals surface area contributed by atoms with Crippen molar-refractivity contribution >= 4 is 28.5 Å². The lowest BCUT2D eigenvalue weighted by Gasteiger charge is -2.27. The highest BCUT2D eigenvalue weighted by molar-refractivity contribution is 6.25. The average molecular weight is 352 g/mol. The highest BCUT2D eigenvalue weighted by atomic mass is 16.2. The molecule has 0 aliphatic carbocycles. The zero-order valence-corrected chi connectivity index (χ0v) is 15.5. The van der Waals surface area contributed by atoms with E-state index in [0.29, 0.717) is 17.5 Å². The van der Waals surface area contributed by atoms with Crippen molar-refractivity contribution in [1.29, 1.82) is 0 Å². The molecule has 1 heterocycles. The Morgan fingerprint density at radius 3 is 2.15 bits per heavy atom. The summed E-state index contributed by atoms with van der Waals surface area (Å²) in [5.74, 6) is -0.626. The first kappa shape index (κ1) is 18.1. The molecule has 0 aromatic heterocycles. The zero-order valence-electron chi connectivity index (χ0n) is 15.5. The van der Waals surface area contributed by atoms with Crippen molar-refractivity contribution in [1.82, 2.24) is 10.2 Å². The van der Waals surface area contributed by atoms with Gasteiger partial charge in [-0.25, -0.2) is 0 Å². The third-order valence-electron chi connectivity index (χ3n) is 5.00. The molecule has 5 nitrogen and oxygen atoms in total. The number of imide groups is 1. The average Bonchev–Trinajstić information content (AvgIpc) is 2.62. The summed E-state index contributed by atoms with van der Waals surface area (Å²) >= 11 is 0. The molecule has 0 radical (unpaired) electrons. The minimum Gasteiger partial charge on any atom is -0.351 e. The second-order valence-electron chi connectivity index (χ2n) is 7.36. The Morgan fingerprint density at radius 2 is 1.62 bits per heavy atom. The maximum Gasteiger partial charge on any atom is 0.261 e. The van der Waals surface area contributed by atoms with Gasteiger partial charge in [-0.05, 0) is 44.2 Å². The molecule has 1 aliphatic heterocycles. The minimum atomic E-state index is -0.284. The van der Waals surface area contributed by atoms with Crippen LogP contribution in [0.1, 0.15) is 60.7 Å². The molecule has 0 atom stereocenters. The summed E-state index contributed by atoms with van der Waals surface area (Å²) in [5, 5.41) is 4.59. The van der Waals surface area contributed by atoms with Gasteiger partial charge < -0.3 is 5.32 Å². The lowest BCUT2D eigenvalue weighted by Crippen LogP contribution is -2.44. The van der Waals surface area contributed by atoms with E-state index in [1.807, 2.05) is 45.0 Å². The first-order chi connectivity index (χ1) is 12.3. The molecule has 0 saturated heterocycles. The monoisotopic (exact) mass is 352 g/mol. The summed E-state index contributed by atoms with van der Waals surface area (Å²) < 4.78 is 0. The molecule has 0 spiro atoms. The van der Waals surface area contributed by atoms with Gasteiger partial charge in [-0.3, -0.25) is 19.3 Å². The van der Waals surface area contributed by atoms with Crippen LogP contribution in [0, 0.1) is 0 Å². The van der Waals surface area contributed by atoms with Gasteiger partial charge in [0.05, 0.1) is 0 Å². The molecule has 3 rings (SSSR count). The number of hydrogen-bond acceptors (Lipinski definition) is 3. The number of carbonyl (C=O) groups excluding carboxylic acids is 3. The van der Waals surface area contributed by atoms with Crippen LogP contribution in [0.4, 0.5) is 0 Å². The van der Waals surface area contributed by atoms with Crippen LogP contribution < -0.4 is 5.32 Å². The van der Waals surface area contributed by atoms with Gasteiger partial charge in [0.1, 0.15) is 0 Å². The maximum atomic E-state index is 12.8. The number of nitrogens with one attached hydrogen (secondary N) is 1. The second kappa shape index (κ2) is 6.90. The van der Waals surface area contributed by atoms with Crippen LogP contribution in [0.2, 0.25) is 0 Å². The van der Waals surface area contributed by atoms with E-state index in [1.54, 1.807) is 12.1 Å². The highest BCUT2D eigenvalue weighted by Crippen LogP contribution is 2.30. The van der Waals surface area contributed by atoms with Crippen LogP contribution >= 0.6 is 0 Å². The van der Waals surface area contributed by atoms with E-state index in [1.165, 1.54) is 4.90 Å². The minimum absolute atomic E-state index is 0.0590. The van der Waals surface area contributed by atoms with Crippen molar-refractivity contribution in [3.05, 3.63) is 47.5 Å². The van der Waals surface area contributed by atoms with Crippen molar-refractivity contribution in [3.63, 3.8) is 0 Å². The predicted octanol–water partition coefficient (Wildman–Crippen LogP) is 3.52. The standard InChI is InChI=1S/C21H24N2O3/c1-4-21(2,3)22-17(24)12-7-13-23-19(25)15-10-5-8-14-9-6-11-16(18(14)15)20(23)26/h5-6,8-11H,4,7,12-13H2,1-3H3,(H,22,24). The molecule has 0 bridgehead atoms. The quantitative estimate of drug-likeness (QED) is 0.809. The van der Waals surface area contributed by atoms with Crippen molar-refractivity contribution in [2.45, 2.75) is 45.6 Å². The molecule has 2 aromatic rings. The molecular formula is C21H24N2O3. The Kier molecular flexibility index (Phi) is 4.81. The van der Waals surface area contributed by atoms with Crippen LogP contribution in [0.3, 0.4) is 0 Å². The molecule has 0 saturated carbocycles. The van der Waals surface area contributed by atoms with Crippen molar-refractivity contribution in [3.8, 4) is 0 Å². The van der Waals surface area contributed by atoms with Crippen LogP contribution in [-0.4, -0.2) is 34.7 Å². The molecule has 26 heavy (non-hydrogen) atoms. The van der Waals surface area contributed by atoms with Gasteiger partial charge in [0.25, 0.3) is 11.8 Å². The van der Waals surface area contributed by atoms with E-state index >= 15 is 0 Å². The van der Waals surface area contributed by atoms with E-state index in [4.69, 9.17) is 0 Å². The van der Waals surface area contributed by atoms with E-state index in [2.05, 4.69) is 5.32 Å². The Balaban J connectivity index is 1.72. The summed E-state index contributed by atoms with van der Waals surface area (Å²) in [6, 6.07) is 11.0. The molecule has 136 valence electrons. The molecule has 5 heteroatoms. The zero-order chi connectivity index (χ0) is 18.9. The summed E-state index contributed by atoms with van der Waals surface area (Å²) in [5.41, 5.74) is 0.853. The van der Waals surface area contributed by atoms with Gasteiger partial charge >= 0.3 is 0 Å². The SMILES string of the molecule is CCC(C)(C)NC(=O)CCCN1C(=O)c2cccc3cccc(c23)C1=O. The molecule has 0 fully saturated rings. The van der Waals surface area contributed by atoms with Gasteiger partial charge in [-0.15, -0.1) is 0 Å². The molecular weight excluding hydrogens is 328 g/mol. The number of benzene rings is 2. The summed E-state index contributed by atoms with van der Waals surface area (Å²) in [6.45, 7) is 6.20. The highest BCUT2D eigenvalue weighted by Gasteiger charge is 2.32. The van der Waals surface area contributed by atoms with Crippen LogP contribution in [0.25, 0.3) is 10.8 Å². The van der Waals surface area contributed by atoms with Crippen molar-refractivity contribution in [2.24, 2.45) is 0 Å². The topological polar surface area (TPSA) is 66.5 Å². The largest absolute Gasteiger partial charge is 0.351 e. The number of carbonyl (C=O) groups is 3. The van der Waals surface area contributed by atoms with Crippen molar-refractivity contribution in [2.75, 3.05) is 6.54 Å². The fourth-order valence-electron chi connectivity index (χ4n) is 3.21. The number of nitrogens with zero attached hydrogens (tertiary/aromatic N) is 1. The predicted molar refractivity (Wildman–Crippen MR) is 101 cm³/mol. The summed E-state index contributed by atoms with van der Waals surface area (Å²) in [6.07, 6.45) is 1.57.